The Bertz CT molecular complexity index is 3900. The van der Waals surface area contributed by atoms with Crippen molar-refractivity contribution in [3.05, 3.63) is 138 Å². The van der Waals surface area contributed by atoms with Gasteiger partial charge in [0, 0.05) is 229 Å². The molecule has 0 bridgehead atoms. The van der Waals surface area contributed by atoms with Gasteiger partial charge in [0.2, 0.25) is 17.7 Å². The molecule has 0 saturated carbocycles. The Balaban J connectivity index is 0.000000781. The molecule has 8 aliphatic rings. The van der Waals surface area contributed by atoms with Crippen molar-refractivity contribution in [2.75, 3.05) is 265 Å². The first-order chi connectivity index (χ1) is 58.3. The number of nitrogens with two attached hydrogens (primary N) is 3. The summed E-state index contributed by atoms with van der Waals surface area (Å²) >= 11 is 13.4. The molecule has 12 heterocycles. The van der Waals surface area contributed by atoms with Crippen molar-refractivity contribution in [3.63, 3.8) is 0 Å². The molecule has 0 spiro atoms. The largest absolute Gasteiger partial charge is 0.468 e. The predicted octanol–water partition coefficient (Wildman–Crippen LogP) is 11.1. The molecule has 4 aromatic heterocycles. The number of unbranched alkanes of at least 4 members (excludes halogenated alkanes) is 1. The second kappa shape index (κ2) is 69.5. The van der Waals surface area contributed by atoms with E-state index >= 15 is 0 Å². The number of nitrogen functional groups attached to an aromatic ring is 2. The lowest BCUT2D eigenvalue weighted by molar-refractivity contribution is -0.145. The normalized spacial score (nSPS) is 16.7. The summed E-state index contributed by atoms with van der Waals surface area (Å²) in [5.41, 5.74) is 24.2. The van der Waals surface area contributed by atoms with Crippen LogP contribution < -0.4 is 27.8 Å². The number of hydrogen-bond acceptors (Lipinski definition) is 29. The van der Waals surface area contributed by atoms with Gasteiger partial charge in [0.1, 0.15) is 23.3 Å². The SMILES string of the molecule is Br.C.C.C.C.C.CCOC(=O)CCCCN1CCOCC1.CCOC(=O)CN(CCN1CCOCC1)Cc1cc(Br)cnc1N.CCOC=O.NCCN1CCOCC1.Nc1ncc(Br)cc1CBr.O=C1CN(CCN2CCOCC2)Cc2cc(/C=C/C(=O)N3CC=C(c4ccccc4)CC3)cnc2N1.O=C1CN(CCN2CCOCC2)Cc2cc(Br)cnc2N1. The number of hydrogen-bond donors (Lipinski definition) is 5. The number of benzene rings is 1. The summed E-state index contributed by atoms with van der Waals surface area (Å²) in [5.74, 6) is 2.01. The number of halogens is 5. The van der Waals surface area contributed by atoms with E-state index in [-0.39, 0.29) is 90.3 Å². The minimum Gasteiger partial charge on any atom is -0.468 e. The third-order valence-electron chi connectivity index (χ3n) is 20.0. The molecule has 1 aromatic carbocycles. The Hall–Kier alpha value is -6.44. The molecule has 8 aliphatic heterocycles. The highest BCUT2D eigenvalue weighted by Crippen LogP contribution is 2.26. The van der Waals surface area contributed by atoms with E-state index in [1.54, 1.807) is 37.8 Å². The van der Waals surface area contributed by atoms with E-state index in [4.69, 9.17) is 50.4 Å². The second-order valence-corrected chi connectivity index (χ2v) is 32.1. The summed E-state index contributed by atoms with van der Waals surface area (Å²) in [6, 6.07) is 18.2. The van der Waals surface area contributed by atoms with E-state index in [1.165, 1.54) is 11.1 Å². The van der Waals surface area contributed by atoms with Crippen LogP contribution in [0.15, 0.2) is 105 Å². The number of alkyl halides is 1. The number of fused-ring (bicyclic) bond motifs is 2. The molecule has 13 rings (SSSR count). The Morgan fingerprint density at radius 1 is 0.532 bits per heavy atom. The van der Waals surface area contributed by atoms with Gasteiger partial charge in [-0.25, -0.2) is 19.9 Å². The zero-order chi connectivity index (χ0) is 85.9. The number of carbonyl (C=O) groups excluding carboxylic acids is 6. The molecule has 0 atom stereocenters. The smallest absolute Gasteiger partial charge is 0.320 e. The third kappa shape index (κ3) is 47.4. The number of rotatable bonds is 28. The molecule has 32 nitrogen and oxygen atoms in total. The number of nitrogens with zero attached hydrogens (tertiary/aromatic N) is 13. The van der Waals surface area contributed by atoms with Crippen molar-refractivity contribution in [3.8, 4) is 0 Å². The van der Waals surface area contributed by atoms with Gasteiger partial charge in [0.05, 0.1) is 106 Å². The number of amides is 3. The van der Waals surface area contributed by atoms with Crippen LogP contribution in [0.2, 0.25) is 0 Å². The van der Waals surface area contributed by atoms with Crippen molar-refractivity contribution >= 4 is 152 Å². The molecule has 5 saturated heterocycles. The number of carbonyl (C=O) groups is 6. The Morgan fingerprint density at radius 2 is 0.976 bits per heavy atom. The number of morpholine rings is 5. The van der Waals surface area contributed by atoms with Crippen molar-refractivity contribution in [2.45, 2.75) is 109 Å². The van der Waals surface area contributed by atoms with Gasteiger partial charge in [-0.3, -0.25) is 68.0 Å². The molecule has 5 fully saturated rings. The summed E-state index contributed by atoms with van der Waals surface area (Å²) in [6.07, 6.45) is 15.7. The number of ether oxygens (including phenoxy) is 8. The molecule has 5 aromatic rings. The van der Waals surface area contributed by atoms with E-state index < -0.39 is 0 Å². The first kappa shape index (κ1) is 118. The van der Waals surface area contributed by atoms with Crippen molar-refractivity contribution in [2.24, 2.45) is 5.73 Å². The fourth-order valence-electron chi connectivity index (χ4n) is 13.4. The highest BCUT2D eigenvalue weighted by molar-refractivity contribution is 9.11. The molecule has 37 heteroatoms. The number of aromatic nitrogens is 4. The standard InChI is InChI=1S/C28H33N5O3.C16H25BrN4O3.C14H19BrN4O2.C11H21NO3.C6H6Br2N2.C6H14N2O.C3H6O2.5CH4.BrH/c34-26-21-32(13-12-31-14-16-36-17-15-31)20-25-18-22(19-29-28(25)30-26)6-7-27(35)33-10-8-24(9-11-33)23-4-2-1-3-5-23;1-2-24-15(22)12-21(4-3-20-5-7-23-8-6-20)11-13-9-14(17)10-19-16(13)18;15-12-7-11-9-19(2-1-18-3-5-21-6-4-18)10-13(20)17-14(11)16-8-12;1-2-15-11(13)5-3-4-6-12-7-9-14-10-8-12;7-2-4-1-5(8)3-10-6(4)9;7-1-2-8-3-5-9-6-4-8;1-2-5-3-4;;;;;;/h1-8,18-19H,9-17,20-21H2,(H,29,30,34);9-10H,2-8,11-12H2,1H3,(H2,18,19);7-8H,1-6,9-10H2,(H,16,17,20);2-10H2,1H3;1,3H,2H2,(H2,9,10);1-7H2;3H,2H2,1H3;5*1H4;1H/b7-6+;;;;;;;;;;;;. The van der Waals surface area contributed by atoms with Gasteiger partial charge in [0.15, 0.2) is 0 Å². The molecule has 0 unspecified atom stereocenters. The second-order valence-electron chi connectivity index (χ2n) is 28.8. The van der Waals surface area contributed by atoms with Crippen molar-refractivity contribution in [1.82, 2.24) is 64.0 Å². The molecule has 710 valence electrons. The van der Waals surface area contributed by atoms with Gasteiger partial charge in [-0.05, 0) is 141 Å². The number of pyridine rings is 4. The molecule has 0 aliphatic carbocycles. The van der Waals surface area contributed by atoms with Crippen LogP contribution in [0.5, 0.6) is 0 Å². The first-order valence-electron chi connectivity index (χ1n) is 41.4. The Morgan fingerprint density at radius 3 is 1.44 bits per heavy atom. The number of nitrogens with one attached hydrogen (secondary N) is 2. The molecule has 0 radical (unpaired) electrons. The van der Waals surface area contributed by atoms with Gasteiger partial charge < -0.3 is 70.6 Å². The molecule has 3 amide bonds. The lowest BCUT2D eigenvalue weighted by Crippen LogP contribution is -2.42. The number of anilines is 4. The van der Waals surface area contributed by atoms with Crippen LogP contribution in [0.3, 0.4) is 0 Å². The third-order valence-corrected chi connectivity index (χ3v) is 21.9. The maximum atomic E-state index is 12.8. The Kier molecular flexibility index (Phi) is 64.8. The minimum atomic E-state index is -0.221. The van der Waals surface area contributed by atoms with Crippen molar-refractivity contribution < 1.29 is 66.7 Å². The van der Waals surface area contributed by atoms with Crippen molar-refractivity contribution in [1.29, 1.82) is 0 Å². The van der Waals surface area contributed by atoms with Gasteiger partial charge in [0.25, 0.3) is 6.47 Å². The fourth-order valence-corrected chi connectivity index (χ4v) is 15.0. The molecule has 8 N–H and O–H groups in total. The van der Waals surface area contributed by atoms with E-state index in [0.717, 1.165) is 263 Å². The maximum absolute atomic E-state index is 12.8. The average Bonchev–Trinajstić information content (AvgIpc) is 1.61. The van der Waals surface area contributed by atoms with Crippen LogP contribution >= 0.6 is 80.7 Å². The van der Waals surface area contributed by atoms with E-state index in [1.807, 2.05) is 72.2 Å². The van der Waals surface area contributed by atoms with E-state index in [2.05, 4.69) is 152 Å². The van der Waals surface area contributed by atoms with E-state index in [9.17, 15) is 28.8 Å². The summed E-state index contributed by atoms with van der Waals surface area (Å²) in [4.78, 5) is 106. The van der Waals surface area contributed by atoms with Crippen LogP contribution in [0.1, 0.15) is 117 Å². The topological polar surface area (TPSA) is 359 Å². The summed E-state index contributed by atoms with van der Waals surface area (Å²) in [7, 11) is 0. The number of esters is 2. The highest BCUT2D eigenvalue weighted by atomic mass is 79.9. The van der Waals surface area contributed by atoms with Gasteiger partial charge in [-0.2, -0.15) is 0 Å². The van der Waals surface area contributed by atoms with E-state index in [0.29, 0.717) is 95.3 Å². The zero-order valence-electron chi connectivity index (χ0n) is 70.3. The fraction of sp³-hybridized carbons (Fsp3) is 0.596. The van der Waals surface area contributed by atoms with Crippen LogP contribution in [-0.2, 0) is 91.6 Å². The van der Waals surface area contributed by atoms with Crippen LogP contribution in [0.25, 0.3) is 11.6 Å². The van der Waals surface area contributed by atoms with Gasteiger partial charge in [-0.1, -0.05) is 89.5 Å². The lowest BCUT2D eigenvalue weighted by Gasteiger charge is -2.29. The highest BCUT2D eigenvalue weighted by Gasteiger charge is 2.26. The molecule has 126 heavy (non-hydrogen) atoms. The predicted molar refractivity (Wildman–Crippen MR) is 523 cm³/mol. The summed E-state index contributed by atoms with van der Waals surface area (Å²) in [6.45, 7) is 37.4. The van der Waals surface area contributed by atoms with Crippen LogP contribution in [0.4, 0.5) is 23.3 Å². The zero-order valence-corrected chi connectivity index (χ0v) is 78.4. The van der Waals surface area contributed by atoms with Gasteiger partial charge in [-0.15, -0.1) is 17.0 Å². The Labute approximate surface area is 794 Å². The minimum absolute atomic E-state index is 0. The summed E-state index contributed by atoms with van der Waals surface area (Å²) in [5, 5.41) is 6.53. The lowest BCUT2D eigenvalue weighted by atomic mass is 9.99. The van der Waals surface area contributed by atoms with Gasteiger partial charge >= 0.3 is 11.9 Å². The maximum Gasteiger partial charge on any atom is 0.320 e. The molecular weight excluding hydrogens is 1940 g/mol. The molecular formula is C89H145Br5N18O14. The average molecular weight is 2090 g/mol. The quantitative estimate of drug-likeness (QED) is 0.00775. The monoisotopic (exact) mass is 2080 g/mol. The van der Waals surface area contributed by atoms with Crippen LogP contribution in [0, 0.1) is 0 Å². The summed E-state index contributed by atoms with van der Waals surface area (Å²) < 4.78 is 43.4. The van der Waals surface area contributed by atoms with Crippen LogP contribution in [-0.4, -0.2) is 343 Å². The first-order valence-corrected chi connectivity index (χ1v) is 44.9.